The van der Waals surface area contributed by atoms with Gasteiger partial charge in [0.1, 0.15) is 13.2 Å². The van der Waals surface area contributed by atoms with Gasteiger partial charge in [-0.3, -0.25) is 9.59 Å². The van der Waals surface area contributed by atoms with Crippen LogP contribution in [0.25, 0.3) is 0 Å². The lowest BCUT2D eigenvalue weighted by Crippen LogP contribution is -2.44. The van der Waals surface area contributed by atoms with E-state index >= 15 is 0 Å². The molecule has 0 amide bonds. The molecular formula is C51H95NO8. The molecule has 0 aliphatic heterocycles. The minimum absolute atomic E-state index is 0.148. The molecule has 0 saturated heterocycles. The van der Waals surface area contributed by atoms with Crippen molar-refractivity contribution in [2.24, 2.45) is 0 Å². The topological polar surface area (TPSA) is 111 Å². The lowest BCUT2D eigenvalue weighted by molar-refractivity contribution is -0.870. The van der Waals surface area contributed by atoms with E-state index in [-0.39, 0.29) is 38.6 Å². The Hall–Kier alpha value is -2.23. The van der Waals surface area contributed by atoms with Gasteiger partial charge in [0.2, 0.25) is 0 Å². The van der Waals surface area contributed by atoms with Crippen molar-refractivity contribution in [2.45, 2.75) is 238 Å². The van der Waals surface area contributed by atoms with E-state index in [0.717, 1.165) is 51.4 Å². The van der Waals surface area contributed by atoms with Crippen LogP contribution in [0.1, 0.15) is 226 Å². The van der Waals surface area contributed by atoms with Gasteiger partial charge in [-0.25, -0.2) is 0 Å². The van der Waals surface area contributed by atoms with Crippen LogP contribution in [0, 0.1) is 0 Å². The van der Waals surface area contributed by atoms with Crippen molar-refractivity contribution in [1.82, 2.24) is 0 Å². The Morgan fingerprint density at radius 3 is 1.27 bits per heavy atom. The highest BCUT2D eigenvalue weighted by atomic mass is 16.7. The molecule has 0 heterocycles. The van der Waals surface area contributed by atoms with Crippen LogP contribution in [0.3, 0.4) is 0 Å². The summed E-state index contributed by atoms with van der Waals surface area (Å²) in [5.74, 6) is -2.29. The number of carboxylic acids is 1. The lowest BCUT2D eigenvalue weighted by Gasteiger charge is -2.26. The average molecular weight is 850 g/mol. The zero-order valence-corrected chi connectivity index (χ0v) is 39.8. The average Bonchev–Trinajstić information content (AvgIpc) is 3.21. The van der Waals surface area contributed by atoms with Crippen LogP contribution < -0.4 is 5.11 Å². The van der Waals surface area contributed by atoms with E-state index in [1.807, 2.05) is 21.1 Å². The molecule has 0 aliphatic rings. The first-order valence-corrected chi connectivity index (χ1v) is 25.0. The number of aliphatic carboxylic acids is 1. The number of hydrogen-bond acceptors (Lipinski definition) is 8. The Balaban J connectivity index is 4.28. The molecule has 60 heavy (non-hydrogen) atoms. The van der Waals surface area contributed by atoms with Crippen molar-refractivity contribution in [1.29, 1.82) is 0 Å². The van der Waals surface area contributed by atoms with E-state index in [1.54, 1.807) is 0 Å². The maximum Gasteiger partial charge on any atom is 0.306 e. The van der Waals surface area contributed by atoms with Crippen LogP contribution in [0.15, 0.2) is 24.3 Å². The third-order valence-corrected chi connectivity index (χ3v) is 10.9. The van der Waals surface area contributed by atoms with Gasteiger partial charge < -0.3 is 33.3 Å². The van der Waals surface area contributed by atoms with E-state index in [2.05, 4.69) is 38.2 Å². The summed E-state index contributed by atoms with van der Waals surface area (Å²) in [5.41, 5.74) is 0. The number of hydrogen-bond donors (Lipinski definition) is 0. The van der Waals surface area contributed by atoms with Crippen molar-refractivity contribution in [3.05, 3.63) is 24.3 Å². The number of carbonyl (C=O) groups excluding carboxylic acids is 3. The fourth-order valence-corrected chi connectivity index (χ4v) is 7.00. The van der Waals surface area contributed by atoms with Crippen LogP contribution >= 0.6 is 0 Å². The van der Waals surface area contributed by atoms with Crippen molar-refractivity contribution in [3.63, 3.8) is 0 Å². The van der Waals surface area contributed by atoms with Gasteiger partial charge >= 0.3 is 11.9 Å². The fourth-order valence-electron chi connectivity index (χ4n) is 7.00. The van der Waals surface area contributed by atoms with Crippen LogP contribution in [-0.2, 0) is 33.3 Å². The Kier molecular flexibility index (Phi) is 41.8. The Morgan fingerprint density at radius 2 is 0.850 bits per heavy atom. The first kappa shape index (κ1) is 57.8. The predicted molar refractivity (Wildman–Crippen MR) is 246 cm³/mol. The zero-order valence-electron chi connectivity index (χ0n) is 39.8. The van der Waals surface area contributed by atoms with Gasteiger partial charge in [-0.2, -0.15) is 0 Å². The molecule has 0 aromatic heterocycles. The van der Waals surface area contributed by atoms with Crippen molar-refractivity contribution in [3.8, 4) is 0 Å². The monoisotopic (exact) mass is 850 g/mol. The SMILES string of the molecule is CCCCC/C=C\CCCCCCCC(=O)OCC(COC(OCC[N+](C)(C)C)C(=O)[O-])OC(=O)CCCCCCCCCCCCC/C=C\CCCCCCCCCC. The van der Waals surface area contributed by atoms with E-state index in [9.17, 15) is 19.5 Å². The molecule has 0 radical (unpaired) electrons. The highest BCUT2D eigenvalue weighted by Crippen LogP contribution is 2.15. The quantitative estimate of drug-likeness (QED) is 0.0196. The maximum atomic E-state index is 12.8. The molecule has 9 nitrogen and oxygen atoms in total. The molecule has 2 atom stereocenters. The number of quaternary nitrogens is 1. The molecule has 0 fully saturated rings. The summed E-state index contributed by atoms with van der Waals surface area (Å²) in [6.07, 6.45) is 45.0. The van der Waals surface area contributed by atoms with E-state index in [1.165, 1.54) is 141 Å². The molecule has 0 rings (SSSR count). The van der Waals surface area contributed by atoms with Crippen molar-refractivity contribution < 1.29 is 42.9 Å². The normalized spacial score (nSPS) is 13.0. The molecule has 0 aromatic rings. The molecule has 9 heteroatoms. The summed E-state index contributed by atoms with van der Waals surface area (Å²) in [5, 5.41) is 11.7. The number of esters is 2. The molecular weight excluding hydrogens is 755 g/mol. The summed E-state index contributed by atoms with van der Waals surface area (Å²) >= 11 is 0. The second kappa shape index (κ2) is 43.4. The largest absolute Gasteiger partial charge is 0.545 e. The van der Waals surface area contributed by atoms with Crippen LogP contribution in [0.5, 0.6) is 0 Å². The number of allylic oxidation sites excluding steroid dienone is 4. The summed E-state index contributed by atoms with van der Waals surface area (Å²) < 4.78 is 22.6. The summed E-state index contributed by atoms with van der Waals surface area (Å²) in [6, 6.07) is 0. The van der Waals surface area contributed by atoms with Gasteiger partial charge in [0.25, 0.3) is 0 Å². The van der Waals surface area contributed by atoms with E-state index in [4.69, 9.17) is 18.9 Å². The number of carbonyl (C=O) groups is 3. The highest BCUT2D eigenvalue weighted by Gasteiger charge is 2.21. The number of unbranched alkanes of at least 4 members (excludes halogenated alkanes) is 27. The van der Waals surface area contributed by atoms with Crippen LogP contribution in [0.2, 0.25) is 0 Å². The third kappa shape index (κ3) is 43.8. The van der Waals surface area contributed by atoms with Crippen LogP contribution in [-0.4, -0.2) is 82.3 Å². The second-order valence-corrected chi connectivity index (χ2v) is 18.1. The molecule has 0 aromatic carbocycles. The third-order valence-electron chi connectivity index (χ3n) is 10.9. The maximum absolute atomic E-state index is 12.8. The molecule has 0 saturated carbocycles. The molecule has 0 spiro atoms. The molecule has 0 bridgehead atoms. The minimum atomic E-state index is -1.62. The lowest BCUT2D eigenvalue weighted by atomic mass is 10.0. The standard InChI is InChI=1S/C51H95NO8/c1-6-8-10-12-14-16-18-20-21-22-23-24-25-26-27-28-29-30-32-34-36-38-40-42-49(54)60-47(46-59-51(50(55)56)57-44-43-52(3,4)5)45-58-48(53)41-39-37-35-33-31-19-17-15-13-11-9-7-2/h15,17,22-23,47,51H,6-14,16,18-21,24-46H2,1-5H3/b17-15-,23-22-. The number of ether oxygens (including phenoxy) is 4. The molecule has 2 unspecified atom stereocenters. The minimum Gasteiger partial charge on any atom is -0.545 e. The molecule has 352 valence electrons. The summed E-state index contributed by atoms with van der Waals surface area (Å²) in [7, 11) is 5.91. The first-order chi connectivity index (χ1) is 29.1. The Morgan fingerprint density at radius 1 is 0.483 bits per heavy atom. The second-order valence-electron chi connectivity index (χ2n) is 18.1. The molecule has 0 N–H and O–H groups in total. The van der Waals surface area contributed by atoms with Crippen molar-refractivity contribution in [2.75, 3.05) is 47.5 Å². The highest BCUT2D eigenvalue weighted by molar-refractivity contribution is 5.70. The van der Waals surface area contributed by atoms with E-state index in [0.29, 0.717) is 17.4 Å². The van der Waals surface area contributed by atoms with Gasteiger partial charge in [-0.1, -0.05) is 173 Å². The smallest absolute Gasteiger partial charge is 0.306 e. The first-order valence-electron chi connectivity index (χ1n) is 25.0. The zero-order chi connectivity index (χ0) is 44.2. The predicted octanol–water partition coefficient (Wildman–Crippen LogP) is 12.3. The van der Waals surface area contributed by atoms with Gasteiger partial charge in [-0.05, 0) is 64.2 Å². The Labute approximate surface area is 369 Å². The van der Waals surface area contributed by atoms with Gasteiger partial charge in [0.15, 0.2) is 12.4 Å². The van der Waals surface area contributed by atoms with Gasteiger partial charge in [-0.15, -0.1) is 0 Å². The Bertz CT molecular complexity index is 1040. The number of nitrogens with zero attached hydrogens (tertiary/aromatic N) is 1. The number of carboxylic acid groups (broad SMARTS) is 1. The molecule has 0 aliphatic carbocycles. The summed E-state index contributed by atoms with van der Waals surface area (Å²) in [4.78, 5) is 37.0. The van der Waals surface area contributed by atoms with E-state index < -0.39 is 24.3 Å². The van der Waals surface area contributed by atoms with Crippen LogP contribution in [0.4, 0.5) is 0 Å². The number of likely N-dealkylation sites (N-methyl/N-ethyl adjacent to an activating group) is 1. The van der Waals surface area contributed by atoms with Gasteiger partial charge in [0, 0.05) is 12.8 Å². The van der Waals surface area contributed by atoms with Crippen molar-refractivity contribution >= 4 is 17.9 Å². The summed E-state index contributed by atoms with van der Waals surface area (Å²) in [6.45, 7) is 4.72. The number of rotatable bonds is 46. The fraction of sp³-hybridized carbons (Fsp3) is 0.863. The van der Waals surface area contributed by atoms with Gasteiger partial charge in [0.05, 0.1) is 40.3 Å².